The number of carboxylic acids is 1. The van der Waals surface area contributed by atoms with Crippen LogP contribution in [0.25, 0.3) is 0 Å². The largest absolute Gasteiger partial charge is 0.508 e. The maximum atomic E-state index is 10.8. The Morgan fingerprint density at radius 3 is 2.35 bits per heavy atom. The molecule has 1 aromatic carbocycles. The SMILES string of the molecule is [NH2+]=C(CCO)C(CC(=O)O)c1ccc(O)cc1. The average Bonchev–Trinajstić information content (AvgIpc) is 2.27. The van der Waals surface area contributed by atoms with Crippen LogP contribution in [0, 0.1) is 0 Å². The number of aliphatic carboxylic acids is 1. The van der Waals surface area contributed by atoms with Crippen molar-refractivity contribution in [3.8, 4) is 5.75 Å². The van der Waals surface area contributed by atoms with Gasteiger partial charge in [-0.25, -0.2) is 0 Å². The Morgan fingerprint density at radius 1 is 1.29 bits per heavy atom. The summed E-state index contributed by atoms with van der Waals surface area (Å²) >= 11 is 0. The molecule has 5 heteroatoms. The predicted molar refractivity (Wildman–Crippen MR) is 61.7 cm³/mol. The number of benzene rings is 1. The molecular formula is C12H16NO4+. The molecule has 17 heavy (non-hydrogen) atoms. The molecule has 5 N–H and O–H groups in total. The summed E-state index contributed by atoms with van der Waals surface area (Å²) in [5.74, 6) is -1.28. The normalized spacial score (nSPS) is 12.1. The van der Waals surface area contributed by atoms with Crippen molar-refractivity contribution in [2.75, 3.05) is 6.61 Å². The van der Waals surface area contributed by atoms with E-state index in [1.807, 2.05) is 0 Å². The van der Waals surface area contributed by atoms with E-state index in [1.165, 1.54) is 12.1 Å². The first-order valence-electron chi connectivity index (χ1n) is 5.27. The van der Waals surface area contributed by atoms with Gasteiger partial charge >= 0.3 is 5.97 Å². The van der Waals surface area contributed by atoms with Gasteiger partial charge in [0.2, 0.25) is 0 Å². The maximum absolute atomic E-state index is 10.8. The minimum absolute atomic E-state index is 0.111. The molecule has 0 aliphatic heterocycles. The van der Waals surface area contributed by atoms with Crippen molar-refractivity contribution >= 4 is 11.7 Å². The number of carboxylic acid groups (broad SMARTS) is 1. The van der Waals surface area contributed by atoms with E-state index in [0.29, 0.717) is 5.71 Å². The number of aliphatic hydroxyl groups is 1. The van der Waals surface area contributed by atoms with E-state index in [1.54, 1.807) is 12.1 Å². The van der Waals surface area contributed by atoms with Gasteiger partial charge in [-0.05, 0) is 17.7 Å². The Labute approximate surface area is 98.9 Å². The number of carbonyl (C=O) groups is 1. The van der Waals surface area contributed by atoms with Gasteiger partial charge in [-0.2, -0.15) is 0 Å². The van der Waals surface area contributed by atoms with Crippen LogP contribution < -0.4 is 5.41 Å². The molecule has 1 unspecified atom stereocenters. The Bertz CT molecular complexity index is 399. The zero-order chi connectivity index (χ0) is 12.8. The van der Waals surface area contributed by atoms with E-state index in [9.17, 15) is 4.79 Å². The Kier molecular flexibility index (Phi) is 4.66. The Hall–Kier alpha value is -1.88. The second kappa shape index (κ2) is 6.00. The van der Waals surface area contributed by atoms with Gasteiger partial charge in [-0.1, -0.05) is 12.1 Å². The van der Waals surface area contributed by atoms with Crippen molar-refractivity contribution < 1.29 is 25.5 Å². The first-order chi connectivity index (χ1) is 8.04. The van der Waals surface area contributed by atoms with E-state index in [-0.39, 0.29) is 25.2 Å². The summed E-state index contributed by atoms with van der Waals surface area (Å²) in [6, 6.07) is 6.23. The zero-order valence-electron chi connectivity index (χ0n) is 9.34. The van der Waals surface area contributed by atoms with Crippen molar-refractivity contribution in [2.45, 2.75) is 18.8 Å². The van der Waals surface area contributed by atoms with Crippen LogP contribution in [0.2, 0.25) is 0 Å². The number of hydrogen-bond acceptors (Lipinski definition) is 3. The topological polar surface area (TPSA) is 103 Å². The number of rotatable bonds is 6. The van der Waals surface area contributed by atoms with Crippen LogP contribution in [-0.2, 0) is 4.79 Å². The highest BCUT2D eigenvalue weighted by atomic mass is 16.4. The van der Waals surface area contributed by atoms with E-state index in [0.717, 1.165) is 5.56 Å². The molecule has 1 rings (SSSR count). The third-order valence-electron chi connectivity index (χ3n) is 2.52. The van der Waals surface area contributed by atoms with Gasteiger partial charge in [0, 0.05) is 0 Å². The highest BCUT2D eigenvalue weighted by Gasteiger charge is 2.24. The third kappa shape index (κ3) is 3.88. The second-order valence-electron chi connectivity index (χ2n) is 3.79. The van der Waals surface area contributed by atoms with Crippen LogP contribution in [0.1, 0.15) is 24.3 Å². The lowest BCUT2D eigenvalue weighted by Gasteiger charge is -2.12. The summed E-state index contributed by atoms with van der Waals surface area (Å²) < 4.78 is 0. The molecule has 0 aliphatic rings. The van der Waals surface area contributed by atoms with Crippen molar-refractivity contribution in [3.05, 3.63) is 29.8 Å². The van der Waals surface area contributed by atoms with Crippen LogP contribution in [0.3, 0.4) is 0 Å². The highest BCUT2D eigenvalue weighted by molar-refractivity contribution is 5.89. The van der Waals surface area contributed by atoms with Gasteiger partial charge in [0.05, 0.1) is 25.4 Å². The summed E-state index contributed by atoms with van der Waals surface area (Å²) in [5, 5.41) is 32.6. The fourth-order valence-electron chi connectivity index (χ4n) is 1.65. The van der Waals surface area contributed by atoms with Crippen LogP contribution >= 0.6 is 0 Å². The molecule has 0 aromatic heterocycles. The predicted octanol–water partition coefficient (Wildman–Crippen LogP) is -0.467. The van der Waals surface area contributed by atoms with E-state index < -0.39 is 11.9 Å². The van der Waals surface area contributed by atoms with E-state index in [2.05, 4.69) is 0 Å². The van der Waals surface area contributed by atoms with E-state index >= 15 is 0 Å². The first kappa shape index (κ1) is 13.2. The fourth-order valence-corrected chi connectivity index (χ4v) is 1.65. The molecule has 5 nitrogen and oxygen atoms in total. The van der Waals surface area contributed by atoms with Gasteiger partial charge < -0.3 is 15.3 Å². The Balaban J connectivity index is 2.92. The monoisotopic (exact) mass is 238 g/mol. The standard InChI is InChI=1S/C12H15NO4/c13-11(5-6-14)10(7-12(16)17)8-1-3-9(15)4-2-8/h1-4,10,13-15H,5-7H2,(H,16,17)/p+1. The van der Waals surface area contributed by atoms with Gasteiger partial charge in [0.1, 0.15) is 5.75 Å². The fraction of sp³-hybridized carbons (Fsp3) is 0.333. The molecule has 0 fully saturated rings. The molecule has 1 atom stereocenters. The Morgan fingerprint density at radius 2 is 1.88 bits per heavy atom. The molecular weight excluding hydrogens is 222 g/mol. The molecule has 0 saturated carbocycles. The van der Waals surface area contributed by atoms with Crippen molar-refractivity contribution in [3.63, 3.8) is 0 Å². The van der Waals surface area contributed by atoms with Crippen LogP contribution in [0.5, 0.6) is 5.75 Å². The lowest BCUT2D eigenvalue weighted by Crippen LogP contribution is -2.44. The molecule has 0 amide bonds. The molecule has 92 valence electrons. The van der Waals surface area contributed by atoms with Gasteiger partial charge in [-0.15, -0.1) is 0 Å². The number of phenolic OH excluding ortho intramolecular Hbond substituents is 1. The van der Waals surface area contributed by atoms with Crippen molar-refractivity contribution in [1.82, 2.24) is 0 Å². The van der Waals surface area contributed by atoms with Crippen molar-refractivity contribution in [2.24, 2.45) is 0 Å². The molecule has 0 spiro atoms. The van der Waals surface area contributed by atoms with Crippen LogP contribution in [-0.4, -0.2) is 33.6 Å². The number of phenols is 1. The number of aromatic hydroxyl groups is 1. The van der Waals surface area contributed by atoms with Crippen molar-refractivity contribution in [1.29, 1.82) is 0 Å². The van der Waals surface area contributed by atoms with Gasteiger partial charge in [0.15, 0.2) is 5.71 Å². The smallest absolute Gasteiger partial charge is 0.304 e. The summed E-state index contributed by atoms with van der Waals surface area (Å²) in [6.07, 6.45) is 0.134. The number of hydrogen-bond donors (Lipinski definition) is 4. The molecule has 1 aromatic rings. The molecule has 0 heterocycles. The molecule has 0 saturated heterocycles. The molecule has 0 bridgehead atoms. The lowest BCUT2D eigenvalue weighted by molar-refractivity contribution is -0.139. The second-order valence-corrected chi connectivity index (χ2v) is 3.79. The summed E-state index contributed by atoms with van der Waals surface area (Å²) in [7, 11) is 0. The minimum Gasteiger partial charge on any atom is -0.508 e. The third-order valence-corrected chi connectivity index (χ3v) is 2.52. The number of nitrogens with two attached hydrogens (primary N) is 1. The van der Waals surface area contributed by atoms with Gasteiger partial charge in [0.25, 0.3) is 0 Å². The average molecular weight is 238 g/mol. The molecule has 0 aliphatic carbocycles. The first-order valence-corrected chi connectivity index (χ1v) is 5.27. The number of aliphatic hydroxyl groups excluding tert-OH is 1. The van der Waals surface area contributed by atoms with Crippen LogP contribution in [0.15, 0.2) is 24.3 Å². The summed E-state index contributed by atoms with van der Waals surface area (Å²) in [4.78, 5) is 10.8. The summed E-state index contributed by atoms with van der Waals surface area (Å²) in [6.45, 7) is -0.111. The van der Waals surface area contributed by atoms with Gasteiger partial charge in [-0.3, -0.25) is 10.2 Å². The zero-order valence-corrected chi connectivity index (χ0v) is 9.34. The molecule has 0 radical (unpaired) electrons. The van der Waals surface area contributed by atoms with Crippen LogP contribution in [0.4, 0.5) is 0 Å². The lowest BCUT2D eigenvalue weighted by atomic mass is 9.89. The minimum atomic E-state index is -0.955. The summed E-state index contributed by atoms with van der Waals surface area (Å²) in [5.41, 5.74) is 1.15. The maximum Gasteiger partial charge on any atom is 0.304 e. The quantitative estimate of drug-likeness (QED) is 0.503. The van der Waals surface area contributed by atoms with E-state index in [4.69, 9.17) is 20.7 Å². The highest BCUT2D eigenvalue weighted by Crippen LogP contribution is 2.23.